The summed E-state index contributed by atoms with van der Waals surface area (Å²) in [6.07, 6.45) is 2.00. The summed E-state index contributed by atoms with van der Waals surface area (Å²) in [7, 11) is 3.37. The van der Waals surface area contributed by atoms with E-state index >= 15 is 0 Å². The fourth-order valence-corrected chi connectivity index (χ4v) is 5.15. The molecule has 5 nitrogen and oxygen atoms in total. The Morgan fingerprint density at radius 2 is 1.94 bits per heavy atom. The van der Waals surface area contributed by atoms with Crippen molar-refractivity contribution in [3.05, 3.63) is 82.0 Å². The molecule has 32 heavy (non-hydrogen) atoms. The quantitative estimate of drug-likeness (QED) is 0.453. The summed E-state index contributed by atoms with van der Waals surface area (Å²) in [5.74, 6) is 1.85. The molecule has 1 amide bonds. The second kappa shape index (κ2) is 10.7. The first-order valence-corrected chi connectivity index (χ1v) is 11.9. The van der Waals surface area contributed by atoms with E-state index in [1.807, 2.05) is 35.2 Å². The van der Waals surface area contributed by atoms with Crippen LogP contribution in [-0.4, -0.2) is 43.0 Å². The Bertz CT molecular complexity index is 1020. The lowest BCUT2D eigenvalue weighted by Gasteiger charge is -2.29. The van der Waals surface area contributed by atoms with Gasteiger partial charge in [0.2, 0.25) is 5.91 Å². The molecule has 0 N–H and O–H groups in total. The maximum atomic E-state index is 13.5. The molecule has 1 atom stereocenters. The lowest BCUT2D eigenvalue weighted by atomic mass is 10.0. The number of thiophene rings is 1. The number of ether oxygens (including phenoxy) is 2. The van der Waals surface area contributed by atoms with Crippen molar-refractivity contribution in [1.29, 1.82) is 0 Å². The predicted octanol–water partition coefficient (Wildman–Crippen LogP) is 5.13. The average Bonchev–Trinajstić information content (AvgIpc) is 3.51. The van der Waals surface area contributed by atoms with Crippen molar-refractivity contribution in [3.8, 4) is 11.5 Å². The van der Waals surface area contributed by atoms with Crippen molar-refractivity contribution in [3.63, 3.8) is 0 Å². The number of para-hydroxylation sites is 1. The molecule has 4 rings (SSSR count). The van der Waals surface area contributed by atoms with Crippen LogP contribution in [0, 0.1) is 0 Å². The number of rotatable bonds is 9. The average molecular weight is 451 g/mol. The van der Waals surface area contributed by atoms with Crippen molar-refractivity contribution in [1.82, 2.24) is 9.80 Å². The largest absolute Gasteiger partial charge is 0.497 e. The molecule has 0 saturated carbocycles. The minimum absolute atomic E-state index is 0.104. The third-order valence-electron chi connectivity index (χ3n) is 5.96. The molecule has 168 valence electrons. The Hall–Kier alpha value is -2.83. The molecular weight excluding hydrogens is 420 g/mol. The van der Waals surface area contributed by atoms with Gasteiger partial charge >= 0.3 is 0 Å². The summed E-state index contributed by atoms with van der Waals surface area (Å²) >= 11 is 1.72. The summed E-state index contributed by atoms with van der Waals surface area (Å²) < 4.78 is 11.0. The van der Waals surface area contributed by atoms with Crippen molar-refractivity contribution >= 4 is 17.2 Å². The fourth-order valence-electron chi connectivity index (χ4n) is 4.41. The minimum atomic E-state index is 0.104. The topological polar surface area (TPSA) is 42.0 Å². The molecule has 2 heterocycles. The number of hydrogen-bond donors (Lipinski definition) is 0. The van der Waals surface area contributed by atoms with Crippen LogP contribution in [0.2, 0.25) is 0 Å². The second-order valence-corrected chi connectivity index (χ2v) is 9.09. The van der Waals surface area contributed by atoms with Gasteiger partial charge in [-0.3, -0.25) is 9.69 Å². The van der Waals surface area contributed by atoms with Crippen LogP contribution in [0.4, 0.5) is 0 Å². The van der Waals surface area contributed by atoms with Crippen molar-refractivity contribution < 1.29 is 14.3 Å². The standard InChI is InChI=1S/C26H30N2O3S/c1-30-22-10-5-9-20(16-22)24-12-6-14-28(24)26(29)19-27(18-23-11-7-15-32-23)17-21-8-3-4-13-25(21)31-2/h3-5,7-11,13,15-16,24H,6,12,14,17-19H2,1-2H3. The molecule has 0 aliphatic carbocycles. The van der Waals surface area contributed by atoms with Crippen LogP contribution in [0.3, 0.4) is 0 Å². The number of amides is 1. The second-order valence-electron chi connectivity index (χ2n) is 8.06. The fraction of sp³-hybridized carbons (Fsp3) is 0.346. The lowest BCUT2D eigenvalue weighted by Crippen LogP contribution is -2.39. The molecule has 1 unspecified atom stereocenters. The van der Waals surface area contributed by atoms with E-state index in [9.17, 15) is 4.79 Å². The Balaban J connectivity index is 1.52. The Morgan fingerprint density at radius 1 is 1.06 bits per heavy atom. The lowest BCUT2D eigenvalue weighted by molar-refractivity contribution is -0.133. The summed E-state index contributed by atoms with van der Waals surface area (Å²) in [6.45, 7) is 2.56. The van der Waals surface area contributed by atoms with Crippen LogP contribution < -0.4 is 9.47 Å². The van der Waals surface area contributed by atoms with Gasteiger partial charge in [-0.2, -0.15) is 0 Å². The Morgan fingerprint density at radius 3 is 2.72 bits per heavy atom. The van der Waals surface area contributed by atoms with E-state index in [2.05, 4.69) is 40.6 Å². The highest BCUT2D eigenvalue weighted by atomic mass is 32.1. The van der Waals surface area contributed by atoms with E-state index < -0.39 is 0 Å². The molecule has 1 fully saturated rings. The van der Waals surface area contributed by atoms with Gasteiger partial charge in [-0.05, 0) is 48.1 Å². The normalized spacial score (nSPS) is 15.8. The van der Waals surface area contributed by atoms with Crippen LogP contribution in [-0.2, 0) is 17.9 Å². The maximum Gasteiger partial charge on any atom is 0.237 e. The van der Waals surface area contributed by atoms with Crippen molar-refractivity contribution in [2.45, 2.75) is 32.0 Å². The highest BCUT2D eigenvalue weighted by molar-refractivity contribution is 7.09. The van der Waals surface area contributed by atoms with E-state index in [1.165, 1.54) is 4.88 Å². The molecule has 1 aromatic heterocycles. The zero-order chi connectivity index (χ0) is 22.3. The molecule has 1 aliphatic heterocycles. The van der Waals surface area contributed by atoms with E-state index in [1.54, 1.807) is 25.6 Å². The molecular formula is C26H30N2O3S. The molecule has 6 heteroatoms. The zero-order valence-corrected chi connectivity index (χ0v) is 19.5. The number of carbonyl (C=O) groups is 1. The molecule has 0 bridgehead atoms. The SMILES string of the molecule is COc1cccc(C2CCCN2C(=O)CN(Cc2cccs2)Cc2ccccc2OC)c1. The summed E-state index contributed by atoms with van der Waals surface area (Å²) in [5, 5.41) is 2.08. The van der Waals surface area contributed by atoms with E-state index in [0.717, 1.165) is 48.6 Å². The van der Waals surface area contributed by atoms with Gasteiger partial charge in [0, 0.05) is 30.1 Å². The van der Waals surface area contributed by atoms with Gasteiger partial charge in [0.15, 0.2) is 0 Å². The van der Waals surface area contributed by atoms with Gasteiger partial charge in [0.25, 0.3) is 0 Å². The Labute approximate surface area is 194 Å². The van der Waals surface area contributed by atoms with E-state index in [4.69, 9.17) is 9.47 Å². The van der Waals surface area contributed by atoms with Crippen molar-refractivity contribution in [2.75, 3.05) is 27.3 Å². The first-order chi connectivity index (χ1) is 15.7. The predicted molar refractivity (Wildman–Crippen MR) is 128 cm³/mol. The summed E-state index contributed by atoms with van der Waals surface area (Å²) in [5.41, 5.74) is 2.23. The molecule has 0 radical (unpaired) electrons. The summed E-state index contributed by atoms with van der Waals surface area (Å²) in [6, 6.07) is 20.4. The van der Waals surface area contributed by atoms with Gasteiger partial charge in [0.1, 0.15) is 11.5 Å². The number of nitrogens with zero attached hydrogens (tertiary/aromatic N) is 2. The number of hydrogen-bond acceptors (Lipinski definition) is 5. The van der Waals surface area contributed by atoms with Gasteiger partial charge in [-0.1, -0.05) is 36.4 Å². The highest BCUT2D eigenvalue weighted by Crippen LogP contribution is 2.34. The van der Waals surface area contributed by atoms with Crippen LogP contribution >= 0.6 is 11.3 Å². The molecule has 3 aromatic rings. The smallest absolute Gasteiger partial charge is 0.237 e. The van der Waals surface area contributed by atoms with Crippen LogP contribution in [0.5, 0.6) is 11.5 Å². The van der Waals surface area contributed by atoms with Crippen molar-refractivity contribution in [2.24, 2.45) is 0 Å². The monoisotopic (exact) mass is 450 g/mol. The van der Waals surface area contributed by atoms with E-state index in [0.29, 0.717) is 13.1 Å². The zero-order valence-electron chi connectivity index (χ0n) is 18.7. The van der Waals surface area contributed by atoms with Gasteiger partial charge < -0.3 is 14.4 Å². The minimum Gasteiger partial charge on any atom is -0.497 e. The summed E-state index contributed by atoms with van der Waals surface area (Å²) in [4.78, 5) is 19.0. The van der Waals surface area contributed by atoms with Crippen LogP contribution in [0.25, 0.3) is 0 Å². The van der Waals surface area contributed by atoms with Gasteiger partial charge in [0.05, 0.1) is 26.8 Å². The first-order valence-electron chi connectivity index (χ1n) is 11.0. The highest BCUT2D eigenvalue weighted by Gasteiger charge is 2.31. The molecule has 2 aromatic carbocycles. The first kappa shape index (κ1) is 22.4. The molecule has 1 saturated heterocycles. The van der Waals surface area contributed by atoms with Gasteiger partial charge in [-0.15, -0.1) is 11.3 Å². The number of carbonyl (C=O) groups excluding carboxylic acids is 1. The third-order valence-corrected chi connectivity index (χ3v) is 6.82. The number of methoxy groups -OCH3 is 2. The maximum absolute atomic E-state index is 13.5. The molecule has 1 aliphatic rings. The number of likely N-dealkylation sites (tertiary alicyclic amines) is 1. The number of benzene rings is 2. The van der Waals surface area contributed by atoms with Crippen LogP contribution in [0.1, 0.15) is 34.9 Å². The third kappa shape index (κ3) is 5.31. The molecule has 0 spiro atoms. The van der Waals surface area contributed by atoms with Crippen LogP contribution in [0.15, 0.2) is 66.0 Å². The van der Waals surface area contributed by atoms with E-state index in [-0.39, 0.29) is 11.9 Å². The Kier molecular flexibility index (Phi) is 7.45. The van der Waals surface area contributed by atoms with Gasteiger partial charge in [-0.25, -0.2) is 0 Å².